The minimum absolute atomic E-state index is 0.247. The molecule has 3 nitrogen and oxygen atoms in total. The van der Waals surface area contributed by atoms with Crippen molar-refractivity contribution in [3.8, 4) is 0 Å². The molecule has 0 atom stereocenters. The average Bonchev–Trinajstić information content (AvgIpc) is 2.65. The largest absolute Gasteiger partial charge is 0.395 e. The first kappa shape index (κ1) is 13.3. The third-order valence-electron chi connectivity index (χ3n) is 2.93. The van der Waals surface area contributed by atoms with Crippen molar-refractivity contribution in [3.63, 3.8) is 0 Å². The van der Waals surface area contributed by atoms with Crippen LogP contribution in [0.1, 0.15) is 31.9 Å². The highest BCUT2D eigenvalue weighted by atomic mass is 16.3. The maximum absolute atomic E-state index is 9.04. The summed E-state index contributed by atoms with van der Waals surface area (Å²) in [5, 5.41) is 9.04. The lowest BCUT2D eigenvalue weighted by Gasteiger charge is -2.21. The first-order chi connectivity index (χ1) is 7.77. The van der Waals surface area contributed by atoms with E-state index in [0.717, 1.165) is 19.6 Å². The summed E-state index contributed by atoms with van der Waals surface area (Å²) >= 11 is 0. The zero-order valence-electron chi connectivity index (χ0n) is 10.5. The number of aliphatic hydroxyl groups excluding tert-OH is 1. The van der Waals surface area contributed by atoms with Crippen molar-refractivity contribution in [3.05, 3.63) is 24.0 Å². The number of hydrogen-bond donors (Lipinski definition) is 1. The topological polar surface area (TPSA) is 28.4 Å². The second-order valence-corrected chi connectivity index (χ2v) is 4.32. The van der Waals surface area contributed by atoms with Gasteiger partial charge in [-0.05, 0) is 25.1 Å². The van der Waals surface area contributed by atoms with Crippen LogP contribution in [0.2, 0.25) is 0 Å². The zero-order chi connectivity index (χ0) is 11.8. The van der Waals surface area contributed by atoms with Crippen LogP contribution in [0.4, 0.5) is 0 Å². The molecular weight excluding hydrogens is 200 g/mol. The van der Waals surface area contributed by atoms with E-state index in [2.05, 4.69) is 41.8 Å². The van der Waals surface area contributed by atoms with Gasteiger partial charge in [-0.2, -0.15) is 0 Å². The number of aromatic nitrogens is 1. The van der Waals surface area contributed by atoms with Gasteiger partial charge in [-0.15, -0.1) is 0 Å². The summed E-state index contributed by atoms with van der Waals surface area (Å²) < 4.78 is 2.14. The molecule has 1 N–H and O–H groups in total. The Morgan fingerprint density at radius 2 is 2.12 bits per heavy atom. The van der Waals surface area contributed by atoms with Crippen LogP contribution in [0, 0.1) is 0 Å². The van der Waals surface area contributed by atoms with Gasteiger partial charge in [0.05, 0.1) is 6.61 Å². The maximum Gasteiger partial charge on any atom is 0.0558 e. The monoisotopic (exact) mass is 224 g/mol. The summed E-state index contributed by atoms with van der Waals surface area (Å²) in [7, 11) is 2.07. The highest BCUT2D eigenvalue weighted by molar-refractivity contribution is 5.06. The van der Waals surface area contributed by atoms with Gasteiger partial charge in [-0.25, -0.2) is 0 Å². The van der Waals surface area contributed by atoms with Crippen molar-refractivity contribution < 1.29 is 5.11 Å². The minimum Gasteiger partial charge on any atom is -0.395 e. The molecule has 0 aromatic carbocycles. The predicted molar refractivity (Wildman–Crippen MR) is 67.3 cm³/mol. The molecule has 0 unspecified atom stereocenters. The SMILES string of the molecule is CCCCCN(CCO)Cc1cccn1C. The summed E-state index contributed by atoms with van der Waals surface area (Å²) in [6, 6.07) is 4.21. The molecule has 0 saturated heterocycles. The van der Waals surface area contributed by atoms with Crippen molar-refractivity contribution >= 4 is 0 Å². The average molecular weight is 224 g/mol. The van der Waals surface area contributed by atoms with Crippen molar-refractivity contribution in [2.45, 2.75) is 32.7 Å². The fourth-order valence-corrected chi connectivity index (χ4v) is 1.89. The molecule has 0 aliphatic rings. The molecule has 0 amide bonds. The first-order valence-electron chi connectivity index (χ1n) is 6.21. The minimum atomic E-state index is 0.247. The molecule has 1 rings (SSSR count). The lowest BCUT2D eigenvalue weighted by molar-refractivity contribution is 0.185. The van der Waals surface area contributed by atoms with E-state index in [1.165, 1.54) is 25.0 Å². The highest BCUT2D eigenvalue weighted by Gasteiger charge is 2.06. The van der Waals surface area contributed by atoms with Gasteiger partial charge >= 0.3 is 0 Å². The van der Waals surface area contributed by atoms with Gasteiger partial charge in [-0.3, -0.25) is 4.90 Å². The Labute approximate surface area is 98.7 Å². The molecule has 0 aliphatic heterocycles. The van der Waals surface area contributed by atoms with Crippen molar-refractivity contribution in [1.29, 1.82) is 0 Å². The van der Waals surface area contributed by atoms with Crippen LogP contribution in [0.3, 0.4) is 0 Å². The van der Waals surface area contributed by atoms with Gasteiger partial charge in [0.15, 0.2) is 0 Å². The molecule has 1 heterocycles. The fraction of sp³-hybridized carbons (Fsp3) is 0.692. The number of unbranched alkanes of at least 4 members (excludes halogenated alkanes) is 2. The van der Waals surface area contributed by atoms with Crippen LogP contribution in [0.5, 0.6) is 0 Å². The Balaban J connectivity index is 2.41. The van der Waals surface area contributed by atoms with Crippen LogP contribution in [-0.2, 0) is 13.6 Å². The lowest BCUT2D eigenvalue weighted by atomic mass is 10.2. The molecule has 16 heavy (non-hydrogen) atoms. The predicted octanol–water partition coefficient (Wildman–Crippen LogP) is 2.01. The Hall–Kier alpha value is -0.800. The highest BCUT2D eigenvalue weighted by Crippen LogP contribution is 2.06. The summed E-state index contributed by atoms with van der Waals surface area (Å²) in [4.78, 5) is 2.32. The molecule has 1 aromatic rings. The van der Waals surface area contributed by atoms with E-state index in [9.17, 15) is 0 Å². The lowest BCUT2D eigenvalue weighted by Crippen LogP contribution is -2.28. The molecule has 0 spiro atoms. The standard InChI is InChI=1S/C13H24N2O/c1-3-4-5-9-15(10-11-16)12-13-7-6-8-14(13)2/h6-8,16H,3-5,9-12H2,1-2H3. The quantitative estimate of drug-likeness (QED) is 0.684. The second kappa shape index (κ2) is 7.47. The van der Waals surface area contributed by atoms with Gasteiger partial charge in [-0.1, -0.05) is 19.8 Å². The maximum atomic E-state index is 9.04. The molecule has 0 bridgehead atoms. The number of nitrogens with zero attached hydrogens (tertiary/aromatic N) is 2. The van der Waals surface area contributed by atoms with E-state index < -0.39 is 0 Å². The van der Waals surface area contributed by atoms with Crippen LogP contribution < -0.4 is 0 Å². The van der Waals surface area contributed by atoms with Crippen LogP contribution >= 0.6 is 0 Å². The van der Waals surface area contributed by atoms with Crippen LogP contribution in [0.15, 0.2) is 18.3 Å². The fourth-order valence-electron chi connectivity index (χ4n) is 1.89. The number of hydrogen-bond acceptors (Lipinski definition) is 2. The molecule has 0 fully saturated rings. The zero-order valence-corrected chi connectivity index (χ0v) is 10.5. The third kappa shape index (κ3) is 4.37. The summed E-state index contributed by atoms with van der Waals surface area (Å²) in [5.41, 5.74) is 1.31. The van der Waals surface area contributed by atoms with Gasteiger partial charge in [0.25, 0.3) is 0 Å². The third-order valence-corrected chi connectivity index (χ3v) is 2.93. The Morgan fingerprint density at radius 1 is 1.31 bits per heavy atom. The van der Waals surface area contributed by atoms with Crippen LogP contribution in [0.25, 0.3) is 0 Å². The molecule has 92 valence electrons. The molecule has 3 heteroatoms. The van der Waals surface area contributed by atoms with E-state index in [4.69, 9.17) is 5.11 Å². The molecule has 0 radical (unpaired) electrons. The van der Waals surface area contributed by atoms with E-state index >= 15 is 0 Å². The Kier molecular flexibility index (Phi) is 6.19. The van der Waals surface area contributed by atoms with E-state index in [1.807, 2.05) is 0 Å². The smallest absolute Gasteiger partial charge is 0.0558 e. The molecule has 0 aliphatic carbocycles. The number of aryl methyl sites for hydroxylation is 1. The second-order valence-electron chi connectivity index (χ2n) is 4.32. The first-order valence-corrected chi connectivity index (χ1v) is 6.21. The van der Waals surface area contributed by atoms with E-state index in [-0.39, 0.29) is 6.61 Å². The van der Waals surface area contributed by atoms with Crippen LogP contribution in [-0.4, -0.2) is 34.3 Å². The van der Waals surface area contributed by atoms with Crippen molar-refractivity contribution in [2.75, 3.05) is 19.7 Å². The summed E-state index contributed by atoms with van der Waals surface area (Å²) in [6.07, 6.45) is 5.81. The Morgan fingerprint density at radius 3 is 2.69 bits per heavy atom. The number of aliphatic hydroxyl groups is 1. The Bertz CT molecular complexity index is 283. The van der Waals surface area contributed by atoms with Gasteiger partial charge in [0, 0.05) is 32.0 Å². The number of rotatable bonds is 8. The summed E-state index contributed by atoms with van der Waals surface area (Å²) in [5.74, 6) is 0. The van der Waals surface area contributed by atoms with Gasteiger partial charge in [0.1, 0.15) is 0 Å². The van der Waals surface area contributed by atoms with E-state index in [1.54, 1.807) is 0 Å². The van der Waals surface area contributed by atoms with E-state index in [0.29, 0.717) is 0 Å². The van der Waals surface area contributed by atoms with Gasteiger partial charge in [0.2, 0.25) is 0 Å². The molecular formula is C13H24N2O. The van der Waals surface area contributed by atoms with Crippen molar-refractivity contribution in [1.82, 2.24) is 9.47 Å². The van der Waals surface area contributed by atoms with Crippen molar-refractivity contribution in [2.24, 2.45) is 7.05 Å². The summed E-state index contributed by atoms with van der Waals surface area (Å²) in [6.45, 7) is 5.26. The normalized spacial score (nSPS) is 11.2. The van der Waals surface area contributed by atoms with Gasteiger partial charge < -0.3 is 9.67 Å². The molecule has 0 saturated carbocycles. The molecule has 1 aromatic heterocycles.